The van der Waals surface area contributed by atoms with Gasteiger partial charge in [-0.25, -0.2) is 4.98 Å². The third-order valence-corrected chi connectivity index (χ3v) is 3.41. The Balaban J connectivity index is 0.000000330. The van der Waals surface area contributed by atoms with Crippen LogP contribution in [0.1, 0.15) is 11.1 Å². The molecule has 0 amide bonds. The lowest BCUT2D eigenvalue weighted by Crippen LogP contribution is -2.46. The molecule has 0 saturated carbocycles. The number of aliphatic carboxylic acids is 1. The fraction of sp³-hybridized carbons (Fsp3) is 0.0526. The first kappa shape index (κ1) is 19.8. The minimum atomic E-state index is -2.11. The van der Waals surface area contributed by atoms with Crippen molar-refractivity contribution in [1.82, 2.24) is 0 Å². The van der Waals surface area contributed by atoms with Crippen LogP contribution in [0.4, 0.5) is 5.69 Å². The number of nitrogens with two attached hydrogens (primary N) is 1. The summed E-state index contributed by atoms with van der Waals surface area (Å²) in [5.74, 6) is -1.53. The predicted molar refractivity (Wildman–Crippen MR) is 91.9 cm³/mol. The Labute approximate surface area is 145 Å². The molecule has 6 heteroatoms. The maximum Gasteiger partial charge on any atom is 0.190 e. The smallest absolute Gasteiger partial charge is 0.190 e. The molecule has 6 N–H and O–H groups in total. The first-order valence-electron chi connectivity index (χ1n) is 7.31. The summed E-state index contributed by atoms with van der Waals surface area (Å²) in [6.07, 6.45) is 3.55. The number of carbonyl (C=O) groups is 1. The molecule has 0 saturated heterocycles. The third-order valence-electron chi connectivity index (χ3n) is 3.41. The lowest BCUT2D eigenvalue weighted by Gasteiger charge is -2.30. The number of nitrogen functional groups attached to an aromatic ring is 1. The number of carboxylic acid groups (broad SMARTS) is 1. The molecule has 0 spiro atoms. The number of aliphatic hydroxyl groups is 1. The molecule has 0 radical (unpaired) electrons. The topological polar surface area (TPSA) is 132 Å². The molecule has 3 aromatic rings. The quantitative estimate of drug-likeness (QED) is 0.690. The number of H-pyrrole nitrogens is 1. The van der Waals surface area contributed by atoms with Crippen LogP contribution in [0.3, 0.4) is 0 Å². The minimum absolute atomic E-state index is 0. The molecule has 2 aromatic carbocycles. The molecule has 0 aliphatic carbocycles. The van der Waals surface area contributed by atoms with E-state index in [4.69, 9.17) is 5.73 Å². The zero-order valence-electron chi connectivity index (χ0n) is 13.4. The highest BCUT2D eigenvalue weighted by molar-refractivity contribution is 5.81. The molecule has 0 atom stereocenters. The molecule has 3 rings (SSSR count). The second kappa shape index (κ2) is 9.17. The molecule has 0 aliphatic heterocycles. The number of hydrogen-bond donors (Lipinski definition) is 2. The number of benzene rings is 2. The molecule has 6 nitrogen and oxygen atoms in total. The first-order valence-corrected chi connectivity index (χ1v) is 7.31. The Bertz CT molecular complexity index is 726. The maximum absolute atomic E-state index is 11.3. The van der Waals surface area contributed by atoms with E-state index in [2.05, 4.69) is 4.98 Å². The first-order chi connectivity index (χ1) is 11.5. The van der Waals surface area contributed by atoms with E-state index in [1.165, 1.54) is 0 Å². The number of aromatic amines is 1. The lowest BCUT2D eigenvalue weighted by atomic mass is 9.86. The van der Waals surface area contributed by atoms with Gasteiger partial charge in [-0.3, -0.25) is 0 Å². The van der Waals surface area contributed by atoms with Crippen LogP contribution in [0.25, 0.3) is 0 Å². The molecule has 0 fully saturated rings. The van der Waals surface area contributed by atoms with Crippen molar-refractivity contribution in [3.8, 4) is 0 Å². The summed E-state index contributed by atoms with van der Waals surface area (Å²) in [5, 5.41) is 21.6. The van der Waals surface area contributed by atoms with Gasteiger partial charge in [0.15, 0.2) is 18.0 Å². The minimum Gasteiger partial charge on any atom is -0.546 e. The number of aromatic nitrogens is 1. The number of carbonyl (C=O) groups excluding carboxylic acids is 1. The van der Waals surface area contributed by atoms with E-state index in [9.17, 15) is 15.0 Å². The second-order valence-corrected chi connectivity index (χ2v) is 5.07. The maximum atomic E-state index is 11.3. The van der Waals surface area contributed by atoms with E-state index in [-0.39, 0.29) is 16.6 Å². The van der Waals surface area contributed by atoms with Crippen LogP contribution in [0.5, 0.6) is 0 Å². The summed E-state index contributed by atoms with van der Waals surface area (Å²) < 4.78 is 0. The summed E-state index contributed by atoms with van der Waals surface area (Å²) in [5.41, 5.74) is 4.55. The number of pyridine rings is 1. The largest absolute Gasteiger partial charge is 0.546 e. The van der Waals surface area contributed by atoms with Gasteiger partial charge in [0.2, 0.25) is 0 Å². The van der Waals surface area contributed by atoms with Crippen molar-refractivity contribution < 1.29 is 25.5 Å². The van der Waals surface area contributed by atoms with Crippen LogP contribution >= 0.6 is 0 Å². The summed E-state index contributed by atoms with van der Waals surface area (Å²) >= 11 is 0. The molecule has 1 heterocycles. The average Bonchev–Trinajstić information content (AvgIpc) is 2.63. The van der Waals surface area contributed by atoms with Gasteiger partial charge in [0.1, 0.15) is 0 Å². The van der Waals surface area contributed by atoms with Crippen molar-refractivity contribution in [2.24, 2.45) is 0 Å². The van der Waals surface area contributed by atoms with Crippen LogP contribution in [0.2, 0.25) is 0 Å². The van der Waals surface area contributed by atoms with Crippen LogP contribution in [0.15, 0.2) is 85.2 Å². The fourth-order valence-electron chi connectivity index (χ4n) is 2.17. The lowest BCUT2D eigenvalue weighted by molar-refractivity contribution is -0.377. The van der Waals surface area contributed by atoms with Gasteiger partial charge in [-0.2, -0.15) is 0 Å². The van der Waals surface area contributed by atoms with Gasteiger partial charge in [0, 0.05) is 6.07 Å². The van der Waals surface area contributed by atoms with E-state index >= 15 is 0 Å². The predicted octanol–water partition coefficient (Wildman–Crippen LogP) is -0.0694. The highest BCUT2D eigenvalue weighted by Crippen LogP contribution is 2.28. The Morgan fingerprint density at radius 1 is 0.920 bits per heavy atom. The molecule has 130 valence electrons. The van der Waals surface area contributed by atoms with Gasteiger partial charge >= 0.3 is 0 Å². The number of hydrogen-bond acceptors (Lipinski definition) is 4. The van der Waals surface area contributed by atoms with Gasteiger partial charge in [-0.05, 0) is 17.2 Å². The van der Waals surface area contributed by atoms with Crippen molar-refractivity contribution in [1.29, 1.82) is 0 Å². The summed E-state index contributed by atoms with van der Waals surface area (Å²) in [4.78, 5) is 14.1. The van der Waals surface area contributed by atoms with E-state index in [0.717, 1.165) is 5.69 Å². The average molecular weight is 340 g/mol. The van der Waals surface area contributed by atoms with Crippen LogP contribution < -0.4 is 15.8 Å². The van der Waals surface area contributed by atoms with Crippen molar-refractivity contribution in [3.05, 3.63) is 96.3 Å². The Kier molecular flexibility index (Phi) is 7.27. The number of rotatable bonds is 3. The molecular formula is C19H20N2O4. The zero-order chi connectivity index (χ0) is 17.4. The van der Waals surface area contributed by atoms with Gasteiger partial charge in [0.25, 0.3) is 0 Å². The summed E-state index contributed by atoms with van der Waals surface area (Å²) in [7, 11) is 0. The third kappa shape index (κ3) is 4.87. The molecule has 0 aliphatic rings. The second-order valence-electron chi connectivity index (χ2n) is 5.07. The van der Waals surface area contributed by atoms with E-state index < -0.39 is 11.6 Å². The molecule has 25 heavy (non-hydrogen) atoms. The van der Waals surface area contributed by atoms with Gasteiger partial charge in [0.05, 0.1) is 11.7 Å². The summed E-state index contributed by atoms with van der Waals surface area (Å²) in [6.45, 7) is 0. The normalized spacial score (nSPS) is 9.96. The molecule has 0 bridgehead atoms. The molecule has 1 aromatic heterocycles. The molecular weight excluding hydrogens is 320 g/mol. The van der Waals surface area contributed by atoms with E-state index in [1.54, 1.807) is 66.9 Å². The molecule has 0 unspecified atom stereocenters. The van der Waals surface area contributed by atoms with Crippen molar-refractivity contribution >= 4 is 11.7 Å². The van der Waals surface area contributed by atoms with Crippen molar-refractivity contribution in [3.63, 3.8) is 0 Å². The number of nitrogens with one attached hydrogen (secondary N) is 1. The monoisotopic (exact) mass is 340 g/mol. The van der Waals surface area contributed by atoms with Crippen LogP contribution in [0, 0.1) is 0 Å². The van der Waals surface area contributed by atoms with Crippen LogP contribution in [-0.2, 0) is 10.4 Å². The van der Waals surface area contributed by atoms with Crippen molar-refractivity contribution in [2.45, 2.75) is 5.60 Å². The highest BCUT2D eigenvalue weighted by atomic mass is 16.4. The van der Waals surface area contributed by atoms with Gasteiger partial charge < -0.3 is 26.2 Å². The Morgan fingerprint density at radius 3 is 1.68 bits per heavy atom. The fourth-order valence-corrected chi connectivity index (χ4v) is 2.17. The Morgan fingerprint density at radius 2 is 1.40 bits per heavy atom. The highest BCUT2D eigenvalue weighted by Gasteiger charge is 2.32. The Hall–Kier alpha value is -3.22. The van der Waals surface area contributed by atoms with E-state index in [0.29, 0.717) is 0 Å². The van der Waals surface area contributed by atoms with E-state index in [1.807, 2.05) is 18.3 Å². The summed E-state index contributed by atoms with van der Waals surface area (Å²) in [6, 6.07) is 20.1. The van der Waals surface area contributed by atoms with Crippen LogP contribution in [-0.4, -0.2) is 16.6 Å². The van der Waals surface area contributed by atoms with Gasteiger partial charge in [-0.1, -0.05) is 60.7 Å². The SMILES string of the molecule is Nc1ccc[nH+]c1.O.O=C([O-])C(O)(c1ccccc1)c1ccccc1. The number of anilines is 1. The van der Waals surface area contributed by atoms with Crippen molar-refractivity contribution in [2.75, 3.05) is 5.73 Å². The zero-order valence-corrected chi connectivity index (χ0v) is 13.4. The van der Waals surface area contributed by atoms with Gasteiger partial charge in [-0.15, -0.1) is 0 Å². The number of carboxylic acids is 1. The standard InChI is InChI=1S/C14H12O3.C5H6N2.H2O/c15-13(16)14(17,11-7-3-1-4-8-11)12-9-5-2-6-10-12;6-5-2-1-3-7-4-5;/h1-10,17H,(H,15,16);1-4H,6H2;1H2.